The third-order valence-electron chi connectivity index (χ3n) is 2.60. The van der Waals surface area contributed by atoms with E-state index >= 15 is 0 Å². The van der Waals surface area contributed by atoms with Gasteiger partial charge in [-0.3, -0.25) is 4.79 Å². The van der Waals surface area contributed by atoms with Gasteiger partial charge in [-0.25, -0.2) is 0 Å². The van der Waals surface area contributed by atoms with Crippen molar-refractivity contribution in [2.45, 2.75) is 12.7 Å². The lowest BCUT2D eigenvalue weighted by molar-refractivity contribution is -0.394. The summed E-state index contributed by atoms with van der Waals surface area (Å²) in [7, 11) is 0. The van der Waals surface area contributed by atoms with E-state index in [2.05, 4.69) is 20.1 Å². The van der Waals surface area contributed by atoms with Crippen LogP contribution in [0, 0.1) is 10.1 Å². The minimum atomic E-state index is -4.55. The fourth-order valence-electron chi connectivity index (χ4n) is 1.67. The van der Waals surface area contributed by atoms with E-state index in [1.165, 1.54) is 18.2 Å². The zero-order valence-electron chi connectivity index (χ0n) is 12.2. The molecule has 1 aromatic heterocycles. The van der Waals surface area contributed by atoms with Crippen molar-refractivity contribution in [3.63, 3.8) is 0 Å². The van der Waals surface area contributed by atoms with Crippen LogP contribution in [0.5, 0.6) is 5.75 Å². The van der Waals surface area contributed by atoms with Crippen LogP contribution in [0.4, 0.5) is 24.8 Å². The third kappa shape index (κ3) is 5.60. The summed E-state index contributed by atoms with van der Waals surface area (Å²) in [6, 6.07) is 3.67. The second kappa shape index (κ2) is 7.34. The van der Waals surface area contributed by atoms with E-state index in [1.54, 1.807) is 0 Å². The number of halogens is 4. The van der Waals surface area contributed by atoms with Crippen LogP contribution in [-0.2, 0) is 11.3 Å². The number of nitrogens with one attached hydrogen (secondary N) is 1. The van der Waals surface area contributed by atoms with Gasteiger partial charge < -0.3 is 20.2 Å². The zero-order chi connectivity index (χ0) is 18.6. The standard InChI is InChI=1S/C12H9ClF3N5O4/c13-7-1-2-9(25-5-12(14,15)16)8(3-7)18-10(22)4-20-6-17-11(19-20)21(23)24/h1-3,6H,4-5H2,(H,18,22). The maximum atomic E-state index is 12.3. The molecule has 0 aliphatic heterocycles. The Hall–Kier alpha value is -2.89. The molecule has 25 heavy (non-hydrogen) atoms. The first kappa shape index (κ1) is 18.4. The van der Waals surface area contributed by atoms with Crippen LogP contribution < -0.4 is 10.1 Å². The van der Waals surface area contributed by atoms with Gasteiger partial charge in [-0.15, -0.1) is 0 Å². The average Bonchev–Trinajstić information content (AvgIpc) is 2.94. The summed E-state index contributed by atoms with van der Waals surface area (Å²) >= 11 is 5.76. The molecule has 0 saturated heterocycles. The van der Waals surface area contributed by atoms with Crippen LogP contribution in [0.2, 0.25) is 5.02 Å². The lowest BCUT2D eigenvalue weighted by Crippen LogP contribution is -2.22. The highest BCUT2D eigenvalue weighted by Crippen LogP contribution is 2.29. The van der Waals surface area contributed by atoms with E-state index in [0.29, 0.717) is 0 Å². The maximum Gasteiger partial charge on any atom is 0.490 e. The van der Waals surface area contributed by atoms with Gasteiger partial charge >= 0.3 is 12.1 Å². The second-order valence-electron chi connectivity index (χ2n) is 4.59. The number of rotatable bonds is 6. The Morgan fingerprint density at radius 2 is 2.16 bits per heavy atom. The number of alkyl halides is 3. The quantitative estimate of drug-likeness (QED) is 0.609. The van der Waals surface area contributed by atoms with Gasteiger partial charge in [-0.2, -0.15) is 17.9 Å². The summed E-state index contributed by atoms with van der Waals surface area (Å²) in [5, 5.41) is 16.4. The Labute approximate surface area is 142 Å². The molecule has 1 heterocycles. The van der Waals surface area contributed by atoms with Crippen molar-refractivity contribution >= 4 is 29.1 Å². The van der Waals surface area contributed by atoms with Crippen molar-refractivity contribution in [3.8, 4) is 5.75 Å². The number of carbonyl (C=O) groups is 1. The summed E-state index contributed by atoms with van der Waals surface area (Å²) < 4.78 is 42.3. The average molecular weight is 380 g/mol. The van der Waals surface area contributed by atoms with Crippen molar-refractivity contribution in [2.24, 2.45) is 0 Å². The number of aromatic nitrogens is 3. The SMILES string of the molecule is O=C(Cn1cnc([N+](=O)[O-])n1)Nc1cc(Cl)ccc1OCC(F)(F)F. The van der Waals surface area contributed by atoms with E-state index in [-0.39, 0.29) is 16.5 Å². The largest absolute Gasteiger partial charge is 0.490 e. The number of hydrogen-bond acceptors (Lipinski definition) is 6. The molecule has 0 aliphatic rings. The van der Waals surface area contributed by atoms with Gasteiger partial charge in [0.2, 0.25) is 12.2 Å². The molecule has 1 N–H and O–H groups in total. The minimum absolute atomic E-state index is 0.0867. The summed E-state index contributed by atoms with van der Waals surface area (Å²) in [6.07, 6.45) is -3.59. The van der Waals surface area contributed by atoms with Gasteiger partial charge in [0.1, 0.15) is 12.3 Å². The van der Waals surface area contributed by atoms with Gasteiger partial charge in [0, 0.05) is 10.1 Å². The molecule has 0 fully saturated rings. The molecular formula is C12H9ClF3N5O4. The smallest absolute Gasteiger partial charge is 0.482 e. The highest BCUT2D eigenvalue weighted by Gasteiger charge is 2.29. The molecular weight excluding hydrogens is 371 g/mol. The van der Waals surface area contributed by atoms with Crippen molar-refractivity contribution in [3.05, 3.63) is 39.7 Å². The first-order chi connectivity index (χ1) is 11.6. The van der Waals surface area contributed by atoms with Crippen LogP contribution in [0.1, 0.15) is 0 Å². The summed E-state index contributed by atoms with van der Waals surface area (Å²) in [5.41, 5.74) is -0.0867. The zero-order valence-corrected chi connectivity index (χ0v) is 12.9. The monoisotopic (exact) mass is 379 g/mol. The second-order valence-corrected chi connectivity index (χ2v) is 5.03. The molecule has 134 valence electrons. The van der Waals surface area contributed by atoms with Crippen LogP contribution in [0.25, 0.3) is 0 Å². The number of anilines is 1. The number of nitrogens with zero attached hydrogens (tertiary/aromatic N) is 4. The number of amides is 1. The van der Waals surface area contributed by atoms with Gasteiger partial charge in [0.25, 0.3) is 0 Å². The highest BCUT2D eigenvalue weighted by atomic mass is 35.5. The van der Waals surface area contributed by atoms with Crippen molar-refractivity contribution in [1.29, 1.82) is 0 Å². The first-order valence-electron chi connectivity index (χ1n) is 6.47. The minimum Gasteiger partial charge on any atom is -0.482 e. The van der Waals surface area contributed by atoms with Crippen LogP contribution >= 0.6 is 11.6 Å². The Balaban J connectivity index is 2.08. The molecule has 13 heteroatoms. The molecule has 2 aromatic rings. The van der Waals surface area contributed by atoms with Crippen molar-refractivity contribution in [2.75, 3.05) is 11.9 Å². The van der Waals surface area contributed by atoms with E-state index < -0.39 is 36.1 Å². The number of ether oxygens (including phenoxy) is 1. The van der Waals surface area contributed by atoms with E-state index in [0.717, 1.165) is 11.0 Å². The third-order valence-corrected chi connectivity index (χ3v) is 2.84. The number of benzene rings is 1. The topological polar surface area (TPSA) is 112 Å². The van der Waals surface area contributed by atoms with E-state index in [1.807, 2.05) is 0 Å². The van der Waals surface area contributed by atoms with Crippen molar-refractivity contribution in [1.82, 2.24) is 14.8 Å². The Kier molecular flexibility index (Phi) is 5.41. The molecule has 0 unspecified atom stereocenters. The van der Waals surface area contributed by atoms with Gasteiger partial charge in [0.15, 0.2) is 6.61 Å². The van der Waals surface area contributed by atoms with E-state index in [4.69, 9.17) is 11.6 Å². The molecule has 0 bridgehead atoms. The summed E-state index contributed by atoms with van der Waals surface area (Å²) in [6.45, 7) is -2.00. The summed E-state index contributed by atoms with van der Waals surface area (Å²) in [4.78, 5) is 24.9. The maximum absolute atomic E-state index is 12.3. The fraction of sp³-hybridized carbons (Fsp3) is 0.250. The van der Waals surface area contributed by atoms with Gasteiger partial charge in [0.05, 0.1) is 5.69 Å². The molecule has 1 amide bonds. The molecule has 0 atom stereocenters. The number of hydrogen-bond donors (Lipinski definition) is 1. The molecule has 0 radical (unpaired) electrons. The molecule has 0 spiro atoms. The molecule has 1 aromatic carbocycles. The molecule has 0 saturated carbocycles. The van der Waals surface area contributed by atoms with E-state index in [9.17, 15) is 28.1 Å². The fourth-order valence-corrected chi connectivity index (χ4v) is 1.84. The Morgan fingerprint density at radius 3 is 2.76 bits per heavy atom. The van der Waals surface area contributed by atoms with Crippen molar-refractivity contribution < 1.29 is 27.6 Å². The Morgan fingerprint density at radius 1 is 1.44 bits per heavy atom. The predicted molar refractivity (Wildman–Crippen MR) is 78.3 cm³/mol. The predicted octanol–water partition coefficient (Wildman–Crippen LogP) is 2.42. The lowest BCUT2D eigenvalue weighted by Gasteiger charge is -2.14. The van der Waals surface area contributed by atoms with Gasteiger partial charge in [-0.1, -0.05) is 16.6 Å². The first-order valence-corrected chi connectivity index (χ1v) is 6.84. The Bertz CT molecular complexity index is 795. The lowest BCUT2D eigenvalue weighted by atomic mass is 10.3. The van der Waals surface area contributed by atoms with Crippen LogP contribution in [0.3, 0.4) is 0 Å². The van der Waals surface area contributed by atoms with Gasteiger partial charge in [-0.05, 0) is 23.1 Å². The summed E-state index contributed by atoms with van der Waals surface area (Å²) in [5.74, 6) is -1.65. The van der Waals surface area contributed by atoms with Crippen LogP contribution in [-0.4, -0.2) is 38.4 Å². The highest BCUT2D eigenvalue weighted by molar-refractivity contribution is 6.31. The molecule has 2 rings (SSSR count). The van der Waals surface area contributed by atoms with Crippen LogP contribution in [0.15, 0.2) is 24.5 Å². The number of nitro groups is 1. The molecule has 9 nitrogen and oxygen atoms in total. The molecule has 0 aliphatic carbocycles. The normalized spacial score (nSPS) is 11.2. The number of carbonyl (C=O) groups excluding carboxylic acids is 1.